The normalized spacial score (nSPS) is 10.3. The molecule has 0 N–H and O–H groups in total. The second-order valence-electron chi connectivity index (χ2n) is 4.25. The van der Waals surface area contributed by atoms with E-state index in [0.29, 0.717) is 17.9 Å². The Labute approximate surface area is 126 Å². The van der Waals surface area contributed by atoms with Crippen molar-refractivity contribution in [3.63, 3.8) is 0 Å². The maximum absolute atomic E-state index is 12.0. The first-order valence-corrected chi connectivity index (χ1v) is 6.98. The van der Waals surface area contributed by atoms with Crippen molar-refractivity contribution in [1.29, 1.82) is 0 Å². The van der Waals surface area contributed by atoms with Crippen LogP contribution in [0, 0.1) is 0 Å². The minimum absolute atomic E-state index is 0.0516. The molecule has 0 bridgehead atoms. The van der Waals surface area contributed by atoms with Gasteiger partial charge in [0, 0.05) is 5.56 Å². The van der Waals surface area contributed by atoms with Crippen molar-refractivity contribution in [2.75, 3.05) is 13.7 Å². The lowest BCUT2D eigenvalue weighted by atomic mass is 10.1. The van der Waals surface area contributed by atoms with Gasteiger partial charge in [-0.1, -0.05) is 30.3 Å². The summed E-state index contributed by atoms with van der Waals surface area (Å²) >= 11 is 3.36. The molecule has 0 radical (unpaired) electrons. The molecule has 0 amide bonds. The van der Waals surface area contributed by atoms with Crippen LogP contribution < -0.4 is 4.74 Å². The topological polar surface area (TPSA) is 35.5 Å². The molecule has 4 heteroatoms. The number of halogens is 1. The lowest BCUT2D eigenvalue weighted by molar-refractivity contribution is 0.0726. The van der Waals surface area contributed by atoms with Crippen LogP contribution >= 0.6 is 15.9 Å². The zero-order chi connectivity index (χ0) is 14.4. The molecular weight excluding hydrogens is 320 g/mol. The Balaban J connectivity index is 1.90. The van der Waals surface area contributed by atoms with Gasteiger partial charge in [0.05, 0.1) is 18.2 Å². The van der Waals surface area contributed by atoms with Crippen molar-refractivity contribution in [3.05, 3.63) is 64.1 Å². The summed E-state index contributed by atoms with van der Waals surface area (Å²) in [4.78, 5) is 12.0. The van der Waals surface area contributed by atoms with Crippen LogP contribution in [0.15, 0.2) is 53.0 Å². The van der Waals surface area contributed by atoms with Crippen molar-refractivity contribution in [2.24, 2.45) is 0 Å². The van der Waals surface area contributed by atoms with Gasteiger partial charge in [0.25, 0.3) is 0 Å². The number of ether oxygens (including phenoxy) is 2. The van der Waals surface area contributed by atoms with Gasteiger partial charge in [0.2, 0.25) is 0 Å². The fraction of sp³-hybridized carbons (Fsp3) is 0.188. The van der Waals surface area contributed by atoms with Crippen LogP contribution in [0.4, 0.5) is 0 Å². The van der Waals surface area contributed by atoms with E-state index >= 15 is 0 Å². The highest BCUT2D eigenvalue weighted by Crippen LogP contribution is 2.25. The third-order valence-electron chi connectivity index (χ3n) is 2.82. The second kappa shape index (κ2) is 7.22. The summed E-state index contributed by atoms with van der Waals surface area (Å²) in [7, 11) is 1.59. The molecule has 0 unspecified atom stereocenters. The van der Waals surface area contributed by atoms with E-state index < -0.39 is 0 Å². The summed E-state index contributed by atoms with van der Waals surface area (Å²) in [6.45, 7) is 0.498. The Morgan fingerprint density at radius 1 is 1.15 bits per heavy atom. The number of carbonyl (C=O) groups excluding carboxylic acids is 1. The van der Waals surface area contributed by atoms with Gasteiger partial charge in [0.1, 0.15) is 12.4 Å². The number of ketones is 1. The molecule has 0 spiro atoms. The predicted octanol–water partition coefficient (Wildman–Crippen LogP) is 3.86. The first-order chi connectivity index (χ1) is 9.70. The SMILES string of the molecule is COc1ccc(C(=O)COCc2ccccc2)cc1Br. The van der Waals surface area contributed by atoms with E-state index in [1.807, 2.05) is 30.3 Å². The Morgan fingerprint density at radius 3 is 2.55 bits per heavy atom. The summed E-state index contributed by atoms with van der Waals surface area (Å²) in [6, 6.07) is 15.0. The highest BCUT2D eigenvalue weighted by molar-refractivity contribution is 9.10. The molecule has 104 valence electrons. The van der Waals surface area contributed by atoms with Crippen LogP contribution in [0.1, 0.15) is 15.9 Å². The number of benzene rings is 2. The smallest absolute Gasteiger partial charge is 0.188 e. The van der Waals surface area contributed by atoms with E-state index in [9.17, 15) is 4.79 Å². The zero-order valence-corrected chi connectivity index (χ0v) is 12.7. The standard InChI is InChI=1S/C16H15BrO3/c1-19-16-8-7-13(9-14(16)17)15(18)11-20-10-12-5-3-2-4-6-12/h2-9H,10-11H2,1H3. The third kappa shape index (κ3) is 3.92. The van der Waals surface area contributed by atoms with Gasteiger partial charge in [0.15, 0.2) is 5.78 Å². The van der Waals surface area contributed by atoms with Crippen molar-refractivity contribution in [2.45, 2.75) is 6.61 Å². The van der Waals surface area contributed by atoms with Crippen LogP contribution in [0.3, 0.4) is 0 Å². The molecule has 0 saturated carbocycles. The van der Waals surface area contributed by atoms with Crippen molar-refractivity contribution in [1.82, 2.24) is 0 Å². The number of carbonyl (C=O) groups is 1. The maximum Gasteiger partial charge on any atom is 0.188 e. The molecule has 20 heavy (non-hydrogen) atoms. The first kappa shape index (κ1) is 14.8. The Hall–Kier alpha value is -1.65. The second-order valence-corrected chi connectivity index (χ2v) is 5.11. The molecule has 2 rings (SSSR count). The average Bonchev–Trinajstić information content (AvgIpc) is 2.48. The summed E-state index contributed by atoms with van der Waals surface area (Å²) in [5.74, 6) is 0.649. The van der Waals surface area contributed by atoms with Crippen molar-refractivity contribution < 1.29 is 14.3 Å². The van der Waals surface area contributed by atoms with E-state index in [1.165, 1.54) is 0 Å². The molecule has 0 fully saturated rings. The average molecular weight is 335 g/mol. The monoisotopic (exact) mass is 334 g/mol. The molecule has 0 aliphatic heterocycles. The zero-order valence-electron chi connectivity index (χ0n) is 11.1. The molecule has 0 atom stereocenters. The van der Waals surface area contributed by atoms with Gasteiger partial charge in [-0.15, -0.1) is 0 Å². The van der Waals surface area contributed by atoms with Gasteiger partial charge >= 0.3 is 0 Å². The molecule has 3 nitrogen and oxygen atoms in total. The summed E-state index contributed by atoms with van der Waals surface area (Å²) in [5.41, 5.74) is 1.65. The van der Waals surface area contributed by atoms with E-state index in [1.54, 1.807) is 25.3 Å². The Morgan fingerprint density at radius 2 is 1.90 bits per heavy atom. The number of hydrogen-bond acceptors (Lipinski definition) is 3. The maximum atomic E-state index is 12.0. The van der Waals surface area contributed by atoms with E-state index in [4.69, 9.17) is 9.47 Å². The van der Waals surface area contributed by atoms with Crippen molar-refractivity contribution in [3.8, 4) is 5.75 Å². The van der Waals surface area contributed by atoms with Gasteiger partial charge in [-0.3, -0.25) is 4.79 Å². The molecule has 0 aromatic heterocycles. The largest absolute Gasteiger partial charge is 0.496 e. The van der Waals surface area contributed by atoms with Gasteiger partial charge in [-0.2, -0.15) is 0 Å². The number of Topliss-reactive ketones (excluding diaryl/α,β-unsaturated/α-hetero) is 1. The van der Waals surface area contributed by atoms with Crippen LogP contribution in [0.25, 0.3) is 0 Å². The fourth-order valence-corrected chi connectivity index (χ4v) is 2.30. The predicted molar refractivity (Wildman–Crippen MR) is 81.1 cm³/mol. The Kier molecular flexibility index (Phi) is 5.32. The minimum atomic E-state index is -0.0516. The lowest BCUT2D eigenvalue weighted by Crippen LogP contribution is -2.09. The number of hydrogen-bond donors (Lipinski definition) is 0. The number of rotatable bonds is 6. The molecule has 0 aliphatic carbocycles. The van der Waals surface area contributed by atoms with Crippen molar-refractivity contribution >= 4 is 21.7 Å². The summed E-state index contributed by atoms with van der Waals surface area (Å²) in [6.07, 6.45) is 0. The van der Waals surface area contributed by atoms with E-state index in [0.717, 1.165) is 10.0 Å². The highest BCUT2D eigenvalue weighted by atomic mass is 79.9. The quantitative estimate of drug-likeness (QED) is 0.752. The molecular formula is C16H15BrO3. The van der Waals surface area contributed by atoms with Crippen LogP contribution in [0.2, 0.25) is 0 Å². The molecule has 2 aromatic rings. The summed E-state index contributed by atoms with van der Waals surface area (Å²) in [5, 5.41) is 0. The molecule has 0 aliphatic rings. The first-order valence-electron chi connectivity index (χ1n) is 6.19. The molecule has 0 heterocycles. The third-order valence-corrected chi connectivity index (χ3v) is 3.44. The Bertz CT molecular complexity index is 582. The minimum Gasteiger partial charge on any atom is -0.496 e. The van der Waals surface area contributed by atoms with Gasteiger partial charge in [-0.05, 0) is 39.7 Å². The van der Waals surface area contributed by atoms with E-state index in [-0.39, 0.29) is 12.4 Å². The van der Waals surface area contributed by atoms with E-state index in [2.05, 4.69) is 15.9 Å². The molecule has 2 aromatic carbocycles. The summed E-state index contributed by atoms with van der Waals surface area (Å²) < 4.78 is 11.3. The van der Waals surface area contributed by atoms with Gasteiger partial charge in [-0.25, -0.2) is 0 Å². The van der Waals surface area contributed by atoms with Gasteiger partial charge < -0.3 is 9.47 Å². The van der Waals surface area contributed by atoms with Crippen LogP contribution in [-0.4, -0.2) is 19.5 Å². The molecule has 0 saturated heterocycles. The van der Waals surface area contributed by atoms with Crippen LogP contribution in [0.5, 0.6) is 5.75 Å². The fourth-order valence-electron chi connectivity index (χ4n) is 1.76. The van der Waals surface area contributed by atoms with Crippen LogP contribution in [-0.2, 0) is 11.3 Å². The lowest BCUT2D eigenvalue weighted by Gasteiger charge is -2.07. The number of methoxy groups -OCH3 is 1. The highest BCUT2D eigenvalue weighted by Gasteiger charge is 2.09.